The zero-order valence-corrected chi connectivity index (χ0v) is 17.4. The molecule has 1 aromatic carbocycles. The minimum Gasteiger partial charge on any atom is -0.741 e. The Morgan fingerprint density at radius 1 is 0.912 bits per heavy atom. The van der Waals surface area contributed by atoms with Crippen LogP contribution >= 0.6 is 0 Å². The standard InChI is InChI=1S/C18H13F3N5.CHF3O3S/c19-18(20,21)13-7-9-14(10-8-13)23-17-24-26(15-5-1-3-11-22-15)16-6-2-4-12-25(16)17;2-1(3,4)8(5,6)7/h1-12H,(H,23,24);(H,5,6,7)/q+1;/p-1. The van der Waals surface area contributed by atoms with E-state index in [-0.39, 0.29) is 0 Å². The van der Waals surface area contributed by atoms with Gasteiger partial charge in [0.05, 0.1) is 17.4 Å². The van der Waals surface area contributed by atoms with Gasteiger partial charge in [-0.25, -0.2) is 13.4 Å². The number of anilines is 2. The molecule has 3 aromatic heterocycles. The van der Waals surface area contributed by atoms with E-state index in [1.54, 1.807) is 15.3 Å². The largest absolute Gasteiger partial charge is 0.741 e. The summed E-state index contributed by atoms with van der Waals surface area (Å²) >= 11 is 0. The van der Waals surface area contributed by atoms with Crippen molar-refractivity contribution in [2.75, 3.05) is 5.32 Å². The van der Waals surface area contributed by atoms with Crippen LogP contribution in [0, 0.1) is 0 Å². The number of benzene rings is 1. The van der Waals surface area contributed by atoms with Crippen LogP contribution in [0.5, 0.6) is 0 Å². The Kier molecular flexibility index (Phi) is 6.79. The zero-order chi connectivity index (χ0) is 25.1. The summed E-state index contributed by atoms with van der Waals surface area (Å²) in [5.41, 5.74) is -5.07. The molecule has 0 aliphatic carbocycles. The quantitative estimate of drug-likeness (QED) is 0.197. The summed E-state index contributed by atoms with van der Waals surface area (Å²) in [6.45, 7) is 0. The summed E-state index contributed by atoms with van der Waals surface area (Å²) < 4.78 is 100. The lowest BCUT2D eigenvalue weighted by atomic mass is 10.2. The summed E-state index contributed by atoms with van der Waals surface area (Å²) in [5, 5.41) is 7.56. The maximum Gasteiger partial charge on any atom is 0.485 e. The first-order valence-electron chi connectivity index (χ1n) is 9.04. The monoisotopic (exact) mass is 505 g/mol. The van der Waals surface area contributed by atoms with Crippen molar-refractivity contribution in [2.24, 2.45) is 0 Å². The van der Waals surface area contributed by atoms with Crippen molar-refractivity contribution in [1.82, 2.24) is 14.8 Å². The van der Waals surface area contributed by atoms with Crippen LogP contribution < -0.4 is 9.72 Å². The second-order valence-electron chi connectivity index (χ2n) is 6.45. The third-order valence-electron chi connectivity index (χ3n) is 4.10. The first kappa shape index (κ1) is 24.9. The third kappa shape index (κ3) is 5.79. The number of nitrogens with zero attached hydrogens (tertiary/aromatic N) is 4. The molecule has 0 aliphatic heterocycles. The molecule has 4 aromatic rings. The molecule has 0 atom stereocenters. The lowest BCUT2D eigenvalue weighted by Gasteiger charge is -2.08. The van der Waals surface area contributed by atoms with Crippen LogP contribution in [0.25, 0.3) is 11.5 Å². The van der Waals surface area contributed by atoms with Gasteiger partial charge in [0.15, 0.2) is 10.1 Å². The second kappa shape index (κ2) is 9.26. The number of hydrogen-bond acceptors (Lipinski definition) is 6. The first-order valence-corrected chi connectivity index (χ1v) is 10.5. The molecule has 8 nitrogen and oxygen atoms in total. The van der Waals surface area contributed by atoms with Crippen LogP contribution in [-0.2, 0) is 16.3 Å². The first-order chi connectivity index (χ1) is 15.8. The average Bonchev–Trinajstić information content (AvgIpc) is 3.12. The number of nitrogens with one attached hydrogen (secondary N) is 1. The Balaban J connectivity index is 0.000000350. The maximum absolute atomic E-state index is 12.7. The Bertz CT molecular complexity index is 1370. The minimum absolute atomic E-state index is 0.464. The summed E-state index contributed by atoms with van der Waals surface area (Å²) in [6, 6.07) is 15.9. The fourth-order valence-electron chi connectivity index (χ4n) is 2.58. The van der Waals surface area contributed by atoms with Crippen molar-refractivity contribution in [3.8, 4) is 5.82 Å². The van der Waals surface area contributed by atoms with Crippen LogP contribution in [0.4, 0.5) is 38.0 Å². The summed E-state index contributed by atoms with van der Waals surface area (Å²) in [5.74, 6) is 1.10. The highest BCUT2D eigenvalue weighted by atomic mass is 32.2. The highest BCUT2D eigenvalue weighted by Crippen LogP contribution is 2.30. The van der Waals surface area contributed by atoms with E-state index in [0.29, 0.717) is 17.5 Å². The lowest BCUT2D eigenvalue weighted by molar-refractivity contribution is -0.496. The van der Waals surface area contributed by atoms with Crippen molar-refractivity contribution in [1.29, 1.82) is 0 Å². The van der Waals surface area contributed by atoms with Gasteiger partial charge in [0.2, 0.25) is 11.5 Å². The predicted octanol–water partition coefficient (Wildman–Crippen LogP) is 3.82. The molecule has 3 heterocycles. The van der Waals surface area contributed by atoms with E-state index in [0.717, 1.165) is 17.8 Å². The molecule has 34 heavy (non-hydrogen) atoms. The van der Waals surface area contributed by atoms with Gasteiger partial charge in [0.25, 0.3) is 0 Å². The molecule has 0 radical (unpaired) electrons. The van der Waals surface area contributed by atoms with Gasteiger partial charge < -0.3 is 4.55 Å². The van der Waals surface area contributed by atoms with E-state index in [1.165, 1.54) is 12.1 Å². The number of aromatic nitrogens is 4. The van der Waals surface area contributed by atoms with E-state index in [4.69, 9.17) is 13.0 Å². The summed E-state index contributed by atoms with van der Waals surface area (Å²) in [7, 11) is -6.09. The van der Waals surface area contributed by atoms with Gasteiger partial charge in [-0.05, 0) is 42.5 Å². The molecular weight excluding hydrogens is 492 g/mol. The predicted molar refractivity (Wildman–Crippen MR) is 105 cm³/mol. The molecule has 180 valence electrons. The van der Waals surface area contributed by atoms with E-state index >= 15 is 0 Å². The molecule has 0 saturated carbocycles. The molecule has 0 aliphatic rings. The van der Waals surface area contributed by atoms with Gasteiger partial charge in [-0.1, -0.05) is 16.8 Å². The Hall–Kier alpha value is -3.72. The van der Waals surface area contributed by atoms with Crippen molar-refractivity contribution in [2.45, 2.75) is 11.7 Å². The average molecular weight is 505 g/mol. The van der Waals surface area contributed by atoms with Crippen molar-refractivity contribution in [3.05, 3.63) is 78.6 Å². The minimum atomic E-state index is -6.09. The summed E-state index contributed by atoms with van der Waals surface area (Å²) in [4.78, 5) is 4.29. The molecule has 0 bridgehead atoms. The van der Waals surface area contributed by atoms with Crippen LogP contribution in [-0.4, -0.2) is 33.2 Å². The van der Waals surface area contributed by atoms with E-state index < -0.39 is 27.4 Å². The van der Waals surface area contributed by atoms with Crippen molar-refractivity contribution in [3.63, 3.8) is 0 Å². The molecule has 0 fully saturated rings. The normalized spacial score (nSPS) is 12.2. The molecule has 0 saturated heterocycles. The number of hydrogen-bond donors (Lipinski definition) is 1. The SMILES string of the molecule is FC(F)(F)c1ccc(Nc2nn(-c3ccccn3)c3cccc[n+]23)cc1.O=S(=O)([O-])C(F)(F)F. The van der Waals surface area contributed by atoms with Crippen molar-refractivity contribution < 1.29 is 43.7 Å². The highest BCUT2D eigenvalue weighted by Gasteiger charge is 2.37. The molecule has 1 N–H and O–H groups in total. The molecule has 0 amide bonds. The van der Waals surface area contributed by atoms with Gasteiger partial charge in [0, 0.05) is 17.4 Å². The number of pyridine rings is 2. The molecule has 15 heteroatoms. The number of halogens is 6. The highest BCUT2D eigenvalue weighted by molar-refractivity contribution is 7.86. The topological polar surface area (TPSA) is 104 Å². The second-order valence-corrected chi connectivity index (χ2v) is 7.82. The Labute approximate surface area is 187 Å². The molecule has 4 rings (SSSR count). The van der Waals surface area contributed by atoms with Gasteiger partial charge in [-0.15, -0.1) is 0 Å². The molecule has 0 unspecified atom stereocenters. The van der Waals surface area contributed by atoms with Gasteiger partial charge in [-0.3, -0.25) is 5.32 Å². The molecular formula is C19H13F6N5O3S. The van der Waals surface area contributed by atoms with E-state index in [9.17, 15) is 26.3 Å². The summed E-state index contributed by atoms with van der Waals surface area (Å²) in [6.07, 6.45) is -0.881. The van der Waals surface area contributed by atoms with Gasteiger partial charge in [0.1, 0.15) is 0 Å². The van der Waals surface area contributed by atoms with Crippen molar-refractivity contribution >= 4 is 27.4 Å². The number of fused-ring (bicyclic) bond motifs is 1. The van der Waals surface area contributed by atoms with Crippen LogP contribution in [0.1, 0.15) is 5.56 Å². The zero-order valence-electron chi connectivity index (χ0n) is 16.6. The fourth-order valence-corrected chi connectivity index (χ4v) is 2.58. The number of alkyl halides is 6. The third-order valence-corrected chi connectivity index (χ3v) is 4.66. The van der Waals surface area contributed by atoms with E-state index in [1.807, 2.05) is 42.6 Å². The smallest absolute Gasteiger partial charge is 0.485 e. The van der Waals surface area contributed by atoms with Gasteiger partial charge in [-0.2, -0.15) is 30.7 Å². The van der Waals surface area contributed by atoms with Crippen LogP contribution in [0.15, 0.2) is 73.1 Å². The maximum atomic E-state index is 12.7. The van der Waals surface area contributed by atoms with Crippen LogP contribution in [0.2, 0.25) is 0 Å². The number of rotatable bonds is 3. The molecule has 0 spiro atoms. The van der Waals surface area contributed by atoms with Gasteiger partial charge >= 0.3 is 17.6 Å². The fraction of sp³-hybridized carbons (Fsp3) is 0.105. The Morgan fingerprint density at radius 2 is 1.53 bits per heavy atom. The van der Waals surface area contributed by atoms with Crippen LogP contribution in [0.3, 0.4) is 0 Å². The van der Waals surface area contributed by atoms with E-state index in [2.05, 4.69) is 15.4 Å². The Morgan fingerprint density at radius 3 is 2.06 bits per heavy atom. The lowest BCUT2D eigenvalue weighted by Crippen LogP contribution is -2.22.